The molecule has 3 rings (SSSR count). The normalized spacial score (nSPS) is 23.1. The lowest BCUT2D eigenvalue weighted by atomic mass is 9.91. The van der Waals surface area contributed by atoms with Crippen LogP contribution in [-0.4, -0.2) is 31.7 Å². The van der Waals surface area contributed by atoms with Crippen LogP contribution in [-0.2, 0) is 0 Å². The van der Waals surface area contributed by atoms with Crippen molar-refractivity contribution in [3.63, 3.8) is 0 Å². The van der Waals surface area contributed by atoms with E-state index in [0.29, 0.717) is 11.2 Å². The Kier molecular flexibility index (Phi) is 4.10. The van der Waals surface area contributed by atoms with E-state index < -0.39 is 0 Å². The van der Waals surface area contributed by atoms with E-state index >= 15 is 0 Å². The van der Waals surface area contributed by atoms with E-state index in [9.17, 15) is 0 Å². The Morgan fingerprint density at radius 1 is 1.40 bits per heavy atom. The fourth-order valence-corrected chi connectivity index (χ4v) is 4.20. The summed E-state index contributed by atoms with van der Waals surface area (Å²) in [5, 5.41) is 4.88. The van der Waals surface area contributed by atoms with Gasteiger partial charge in [0, 0.05) is 11.8 Å². The summed E-state index contributed by atoms with van der Waals surface area (Å²) < 4.78 is 0. The molecule has 0 bridgehead atoms. The van der Waals surface area contributed by atoms with E-state index in [1.54, 1.807) is 6.33 Å². The van der Waals surface area contributed by atoms with Crippen LogP contribution in [0.25, 0.3) is 11.2 Å². The topological polar surface area (TPSA) is 66.5 Å². The summed E-state index contributed by atoms with van der Waals surface area (Å²) in [5.74, 6) is 1.51. The highest BCUT2D eigenvalue weighted by Crippen LogP contribution is 2.37. The maximum absolute atomic E-state index is 4.65. The first-order valence-corrected chi connectivity index (χ1v) is 8.26. The van der Waals surface area contributed by atoms with E-state index in [1.807, 2.05) is 18.7 Å². The number of anilines is 1. The number of rotatable bonds is 4. The molecule has 1 fully saturated rings. The Balaban J connectivity index is 1.86. The summed E-state index contributed by atoms with van der Waals surface area (Å²) in [7, 11) is 0. The predicted octanol–water partition coefficient (Wildman–Crippen LogP) is 3.46. The van der Waals surface area contributed by atoms with Crippen LogP contribution in [0.2, 0.25) is 0 Å². The molecule has 1 saturated carbocycles. The van der Waals surface area contributed by atoms with E-state index in [-0.39, 0.29) is 0 Å². The first kappa shape index (κ1) is 13.7. The number of nitrogens with one attached hydrogen (secondary N) is 2. The smallest absolute Gasteiger partial charge is 0.225 e. The Morgan fingerprint density at radius 3 is 3.10 bits per heavy atom. The van der Waals surface area contributed by atoms with Crippen molar-refractivity contribution in [3.8, 4) is 0 Å². The van der Waals surface area contributed by atoms with Gasteiger partial charge < -0.3 is 10.3 Å². The van der Waals surface area contributed by atoms with Gasteiger partial charge in [-0.25, -0.2) is 9.97 Å². The number of hydrogen-bond donors (Lipinski definition) is 2. The third-order valence-corrected chi connectivity index (χ3v) is 5.03. The fourth-order valence-electron chi connectivity index (χ4n) is 2.77. The molecule has 0 aromatic carbocycles. The molecule has 0 amide bonds. The van der Waals surface area contributed by atoms with Crippen LogP contribution in [0.3, 0.4) is 0 Å². The minimum absolute atomic E-state index is 0.662. The molecule has 1 aliphatic rings. The summed E-state index contributed by atoms with van der Waals surface area (Å²) in [6.45, 7) is 5.22. The number of H-pyrrole nitrogens is 1. The van der Waals surface area contributed by atoms with Crippen LogP contribution in [0, 0.1) is 5.92 Å². The summed E-state index contributed by atoms with van der Waals surface area (Å²) in [5.41, 5.74) is 1.72. The number of nitrogens with zero attached hydrogens (tertiary/aromatic N) is 3. The van der Waals surface area contributed by atoms with Crippen molar-refractivity contribution in [2.75, 3.05) is 11.9 Å². The third kappa shape index (κ3) is 2.90. The van der Waals surface area contributed by atoms with Gasteiger partial charge in [0.15, 0.2) is 5.65 Å². The second kappa shape index (κ2) is 5.99. The molecule has 2 N–H and O–H groups in total. The summed E-state index contributed by atoms with van der Waals surface area (Å²) in [6.07, 6.45) is 6.95. The Bertz CT molecular complexity index is 582. The first-order valence-electron chi connectivity index (χ1n) is 7.38. The van der Waals surface area contributed by atoms with Crippen LogP contribution in [0.15, 0.2) is 11.4 Å². The van der Waals surface area contributed by atoms with E-state index in [1.165, 1.54) is 25.7 Å². The molecule has 0 saturated heterocycles. The summed E-state index contributed by atoms with van der Waals surface area (Å²) in [6, 6.07) is 0. The molecule has 2 atom stereocenters. The van der Waals surface area contributed by atoms with Crippen molar-refractivity contribution in [1.29, 1.82) is 0 Å². The third-order valence-electron chi connectivity index (χ3n) is 3.75. The molecular formula is C14H21N5S. The molecule has 0 spiro atoms. The van der Waals surface area contributed by atoms with Gasteiger partial charge in [0.1, 0.15) is 10.5 Å². The van der Waals surface area contributed by atoms with Crippen LogP contribution >= 0.6 is 11.8 Å². The minimum atomic E-state index is 0.662. The highest BCUT2D eigenvalue weighted by atomic mass is 32.2. The Labute approximate surface area is 123 Å². The molecule has 2 aromatic rings. The summed E-state index contributed by atoms with van der Waals surface area (Å²) >= 11 is 1.88. The molecule has 20 heavy (non-hydrogen) atoms. The molecule has 2 aromatic heterocycles. The molecule has 108 valence electrons. The second-order valence-corrected chi connectivity index (χ2v) is 6.78. The van der Waals surface area contributed by atoms with Gasteiger partial charge in [-0.15, -0.1) is 11.8 Å². The van der Waals surface area contributed by atoms with Crippen molar-refractivity contribution in [2.24, 2.45) is 5.92 Å². The second-order valence-electron chi connectivity index (χ2n) is 5.50. The van der Waals surface area contributed by atoms with Crippen molar-refractivity contribution < 1.29 is 0 Å². The summed E-state index contributed by atoms with van der Waals surface area (Å²) in [4.78, 5) is 16.5. The SMILES string of the molecule is CCNc1nc(SC2CCCC(C)C2)c2[nH]cnc2n1. The lowest BCUT2D eigenvalue weighted by Gasteiger charge is -2.25. The lowest BCUT2D eigenvalue weighted by molar-refractivity contribution is 0.394. The van der Waals surface area contributed by atoms with Gasteiger partial charge in [0.05, 0.1) is 6.33 Å². The number of hydrogen-bond acceptors (Lipinski definition) is 5. The molecule has 2 heterocycles. The fraction of sp³-hybridized carbons (Fsp3) is 0.643. The van der Waals surface area contributed by atoms with Gasteiger partial charge in [0.2, 0.25) is 5.95 Å². The van der Waals surface area contributed by atoms with E-state index in [0.717, 1.165) is 28.7 Å². The molecule has 0 aliphatic heterocycles. The van der Waals surface area contributed by atoms with Crippen LogP contribution < -0.4 is 5.32 Å². The Hall–Kier alpha value is -1.30. The molecule has 0 radical (unpaired) electrons. The van der Waals surface area contributed by atoms with Crippen molar-refractivity contribution in [2.45, 2.75) is 49.8 Å². The lowest BCUT2D eigenvalue weighted by Crippen LogP contribution is -2.15. The van der Waals surface area contributed by atoms with Gasteiger partial charge in [-0.05, 0) is 25.7 Å². The number of thioether (sulfide) groups is 1. The number of aromatic nitrogens is 4. The first-order chi connectivity index (χ1) is 9.76. The molecule has 6 heteroatoms. The molecule has 5 nitrogen and oxygen atoms in total. The largest absolute Gasteiger partial charge is 0.354 e. The molecular weight excluding hydrogens is 270 g/mol. The van der Waals surface area contributed by atoms with Gasteiger partial charge in [-0.3, -0.25) is 0 Å². The molecule has 1 aliphatic carbocycles. The zero-order valence-electron chi connectivity index (χ0n) is 12.0. The maximum Gasteiger partial charge on any atom is 0.225 e. The van der Waals surface area contributed by atoms with Crippen molar-refractivity contribution in [1.82, 2.24) is 19.9 Å². The Morgan fingerprint density at radius 2 is 2.30 bits per heavy atom. The van der Waals surface area contributed by atoms with Crippen LogP contribution in [0.1, 0.15) is 39.5 Å². The highest BCUT2D eigenvalue weighted by Gasteiger charge is 2.22. The quantitative estimate of drug-likeness (QED) is 0.845. The van der Waals surface area contributed by atoms with Gasteiger partial charge in [0.25, 0.3) is 0 Å². The minimum Gasteiger partial charge on any atom is -0.354 e. The van der Waals surface area contributed by atoms with Crippen molar-refractivity contribution >= 4 is 28.9 Å². The van der Waals surface area contributed by atoms with E-state index in [2.05, 4.69) is 32.2 Å². The molecule has 2 unspecified atom stereocenters. The number of fused-ring (bicyclic) bond motifs is 1. The average Bonchev–Trinajstić information content (AvgIpc) is 2.87. The zero-order chi connectivity index (χ0) is 13.9. The average molecular weight is 291 g/mol. The van der Waals surface area contributed by atoms with Gasteiger partial charge in [-0.2, -0.15) is 4.98 Å². The van der Waals surface area contributed by atoms with Crippen LogP contribution in [0.5, 0.6) is 0 Å². The predicted molar refractivity (Wildman–Crippen MR) is 83.1 cm³/mol. The monoisotopic (exact) mass is 291 g/mol. The number of aromatic amines is 1. The van der Waals surface area contributed by atoms with Crippen LogP contribution in [0.4, 0.5) is 5.95 Å². The van der Waals surface area contributed by atoms with E-state index in [4.69, 9.17) is 0 Å². The zero-order valence-corrected chi connectivity index (χ0v) is 12.8. The van der Waals surface area contributed by atoms with Gasteiger partial charge >= 0.3 is 0 Å². The highest BCUT2D eigenvalue weighted by molar-refractivity contribution is 8.00. The standard InChI is InChI=1S/C14H21N5S/c1-3-15-14-18-12-11(16-8-17-12)13(19-14)20-10-6-4-5-9(2)7-10/h8-10H,3-7H2,1-2H3,(H2,15,16,17,18,19). The van der Waals surface area contributed by atoms with Crippen molar-refractivity contribution in [3.05, 3.63) is 6.33 Å². The van der Waals surface area contributed by atoms with Gasteiger partial charge in [-0.1, -0.05) is 19.8 Å². The number of imidazole rings is 1. The maximum atomic E-state index is 4.65.